The lowest BCUT2D eigenvalue weighted by Crippen LogP contribution is -2.25. The third kappa shape index (κ3) is 2.83. The first kappa shape index (κ1) is 13.8. The fourth-order valence-electron chi connectivity index (χ4n) is 2.97. The number of nitrogens with zero attached hydrogens (tertiary/aromatic N) is 2. The smallest absolute Gasteiger partial charge is 0.335 e. The number of carboxylic acid groups (broad SMARTS) is 1. The van der Waals surface area contributed by atoms with Crippen LogP contribution in [0.4, 0.5) is 0 Å². The summed E-state index contributed by atoms with van der Waals surface area (Å²) in [7, 11) is 1.98. The minimum atomic E-state index is -0.885. The number of carbonyl (C=O) groups is 1. The van der Waals surface area contributed by atoms with Crippen molar-refractivity contribution in [2.75, 3.05) is 0 Å². The normalized spacial score (nSPS) is 17.5. The molecule has 2 aromatic rings. The monoisotopic (exact) mass is 285 g/mol. The van der Waals surface area contributed by atoms with Gasteiger partial charge in [-0.2, -0.15) is 5.10 Å². The summed E-state index contributed by atoms with van der Waals surface area (Å²) in [5.74, 6) is -0.885. The summed E-state index contributed by atoms with van der Waals surface area (Å²) < 4.78 is 1.95. The molecule has 5 heteroatoms. The standard InChI is InChI=1S/C16H19N3O2/c1-19-15-7-3-6-14(13(15)10-18-19)17-9-11-4-2-5-12(8-11)16(20)21/h2,4-5,8,10,14,17H,3,6-7,9H2,1H3,(H,20,21). The Kier molecular flexibility index (Phi) is 3.75. The van der Waals surface area contributed by atoms with Gasteiger partial charge in [0, 0.05) is 30.9 Å². The number of benzene rings is 1. The molecular formula is C16H19N3O2. The number of aryl methyl sites for hydroxylation is 1. The van der Waals surface area contributed by atoms with Crippen LogP contribution >= 0.6 is 0 Å². The zero-order valence-electron chi connectivity index (χ0n) is 12.0. The number of carboxylic acids is 1. The average molecular weight is 285 g/mol. The topological polar surface area (TPSA) is 67.2 Å². The van der Waals surface area contributed by atoms with Crippen molar-refractivity contribution in [1.29, 1.82) is 0 Å². The second-order valence-electron chi connectivity index (χ2n) is 5.50. The van der Waals surface area contributed by atoms with Crippen LogP contribution in [0.3, 0.4) is 0 Å². The van der Waals surface area contributed by atoms with E-state index >= 15 is 0 Å². The van der Waals surface area contributed by atoms with Gasteiger partial charge in [-0.25, -0.2) is 4.79 Å². The number of aromatic carboxylic acids is 1. The number of hydrogen-bond acceptors (Lipinski definition) is 3. The van der Waals surface area contributed by atoms with Gasteiger partial charge in [-0.3, -0.25) is 4.68 Å². The molecule has 1 aromatic heterocycles. The molecule has 0 spiro atoms. The van der Waals surface area contributed by atoms with Crippen molar-refractivity contribution in [2.45, 2.75) is 31.8 Å². The number of hydrogen-bond donors (Lipinski definition) is 2. The van der Waals surface area contributed by atoms with E-state index in [0.29, 0.717) is 18.2 Å². The molecule has 1 aliphatic rings. The summed E-state index contributed by atoms with van der Waals surface area (Å²) >= 11 is 0. The Hall–Kier alpha value is -2.14. The summed E-state index contributed by atoms with van der Waals surface area (Å²) in [6, 6.07) is 7.38. The van der Waals surface area contributed by atoms with Crippen molar-refractivity contribution in [3.63, 3.8) is 0 Å². The van der Waals surface area contributed by atoms with Crippen LogP contribution < -0.4 is 5.32 Å². The van der Waals surface area contributed by atoms with E-state index in [2.05, 4.69) is 10.4 Å². The summed E-state index contributed by atoms with van der Waals surface area (Å²) in [5.41, 5.74) is 3.90. The van der Waals surface area contributed by atoms with Gasteiger partial charge in [0.25, 0.3) is 0 Å². The molecule has 0 bridgehead atoms. The molecule has 21 heavy (non-hydrogen) atoms. The second kappa shape index (κ2) is 5.69. The highest BCUT2D eigenvalue weighted by atomic mass is 16.4. The van der Waals surface area contributed by atoms with Crippen molar-refractivity contribution < 1.29 is 9.90 Å². The van der Waals surface area contributed by atoms with Crippen LogP contribution in [-0.4, -0.2) is 20.9 Å². The van der Waals surface area contributed by atoms with E-state index in [1.54, 1.807) is 18.2 Å². The van der Waals surface area contributed by atoms with E-state index in [0.717, 1.165) is 24.8 Å². The lowest BCUT2D eigenvalue weighted by Gasteiger charge is -2.24. The highest BCUT2D eigenvalue weighted by Crippen LogP contribution is 2.29. The lowest BCUT2D eigenvalue weighted by molar-refractivity contribution is 0.0696. The molecule has 110 valence electrons. The van der Waals surface area contributed by atoms with E-state index in [-0.39, 0.29) is 0 Å². The third-order valence-corrected chi connectivity index (χ3v) is 4.10. The van der Waals surface area contributed by atoms with E-state index in [9.17, 15) is 4.79 Å². The van der Waals surface area contributed by atoms with Gasteiger partial charge in [0.1, 0.15) is 0 Å². The van der Waals surface area contributed by atoms with Gasteiger partial charge < -0.3 is 10.4 Å². The Morgan fingerprint density at radius 2 is 2.38 bits per heavy atom. The van der Waals surface area contributed by atoms with Gasteiger partial charge >= 0.3 is 5.97 Å². The Morgan fingerprint density at radius 3 is 3.19 bits per heavy atom. The SMILES string of the molecule is Cn1ncc2c1CCCC2NCc1cccc(C(=O)O)c1. The van der Waals surface area contributed by atoms with Gasteiger partial charge in [-0.15, -0.1) is 0 Å². The fraction of sp³-hybridized carbons (Fsp3) is 0.375. The van der Waals surface area contributed by atoms with Crippen molar-refractivity contribution >= 4 is 5.97 Å². The molecule has 1 heterocycles. The maximum Gasteiger partial charge on any atom is 0.335 e. The molecule has 0 radical (unpaired) electrons. The molecular weight excluding hydrogens is 266 g/mol. The van der Waals surface area contributed by atoms with Gasteiger partial charge in [0.2, 0.25) is 0 Å². The number of rotatable bonds is 4. The second-order valence-corrected chi connectivity index (χ2v) is 5.50. The van der Waals surface area contributed by atoms with Crippen LogP contribution in [0, 0.1) is 0 Å². The minimum absolute atomic E-state index is 0.302. The molecule has 1 aromatic carbocycles. The lowest BCUT2D eigenvalue weighted by atomic mass is 9.93. The summed E-state index contributed by atoms with van der Waals surface area (Å²) in [4.78, 5) is 11.0. The van der Waals surface area contributed by atoms with Crippen LogP contribution in [-0.2, 0) is 20.0 Å². The van der Waals surface area contributed by atoms with Gasteiger partial charge in [-0.05, 0) is 37.0 Å². The van der Waals surface area contributed by atoms with Gasteiger partial charge in [-0.1, -0.05) is 12.1 Å². The molecule has 0 saturated heterocycles. The van der Waals surface area contributed by atoms with Crippen LogP contribution in [0.15, 0.2) is 30.5 Å². The average Bonchev–Trinajstić information content (AvgIpc) is 2.88. The molecule has 3 rings (SSSR count). The largest absolute Gasteiger partial charge is 0.478 e. The molecule has 0 fully saturated rings. The van der Waals surface area contributed by atoms with Gasteiger partial charge in [0.15, 0.2) is 0 Å². The number of nitrogens with one attached hydrogen (secondary N) is 1. The molecule has 5 nitrogen and oxygen atoms in total. The zero-order chi connectivity index (χ0) is 14.8. The first-order valence-corrected chi connectivity index (χ1v) is 7.21. The number of aromatic nitrogens is 2. The molecule has 2 N–H and O–H groups in total. The first-order chi connectivity index (χ1) is 10.1. The molecule has 0 amide bonds. The van der Waals surface area contributed by atoms with Crippen LogP contribution in [0.25, 0.3) is 0 Å². The van der Waals surface area contributed by atoms with E-state index in [1.165, 1.54) is 11.3 Å². The fourth-order valence-corrected chi connectivity index (χ4v) is 2.97. The Bertz CT molecular complexity index is 663. The first-order valence-electron chi connectivity index (χ1n) is 7.21. The van der Waals surface area contributed by atoms with E-state index in [4.69, 9.17) is 5.11 Å². The number of fused-ring (bicyclic) bond motifs is 1. The Balaban J connectivity index is 1.71. The molecule has 1 aliphatic carbocycles. The van der Waals surface area contributed by atoms with E-state index in [1.807, 2.05) is 24.0 Å². The van der Waals surface area contributed by atoms with Crippen molar-refractivity contribution in [2.24, 2.45) is 7.05 Å². The van der Waals surface area contributed by atoms with Crippen LogP contribution in [0.2, 0.25) is 0 Å². The Morgan fingerprint density at radius 1 is 1.52 bits per heavy atom. The maximum absolute atomic E-state index is 11.0. The zero-order valence-corrected chi connectivity index (χ0v) is 12.0. The third-order valence-electron chi connectivity index (χ3n) is 4.10. The summed E-state index contributed by atoms with van der Waals surface area (Å²) in [6.07, 6.45) is 5.27. The molecule has 0 aliphatic heterocycles. The summed E-state index contributed by atoms with van der Waals surface area (Å²) in [6.45, 7) is 0.667. The molecule has 1 unspecified atom stereocenters. The highest BCUT2D eigenvalue weighted by molar-refractivity contribution is 5.87. The maximum atomic E-state index is 11.0. The van der Waals surface area contributed by atoms with Crippen LogP contribution in [0.5, 0.6) is 0 Å². The Labute approximate surface area is 123 Å². The summed E-state index contributed by atoms with van der Waals surface area (Å²) in [5, 5.41) is 16.9. The van der Waals surface area contributed by atoms with Crippen LogP contribution in [0.1, 0.15) is 46.1 Å². The van der Waals surface area contributed by atoms with E-state index < -0.39 is 5.97 Å². The van der Waals surface area contributed by atoms with Gasteiger partial charge in [0.05, 0.1) is 11.8 Å². The predicted octanol–water partition coefficient (Wildman–Crippen LogP) is 2.29. The quantitative estimate of drug-likeness (QED) is 0.904. The highest BCUT2D eigenvalue weighted by Gasteiger charge is 2.22. The van der Waals surface area contributed by atoms with Crippen molar-refractivity contribution in [1.82, 2.24) is 15.1 Å². The van der Waals surface area contributed by atoms with Crippen molar-refractivity contribution in [3.8, 4) is 0 Å². The predicted molar refractivity (Wildman–Crippen MR) is 79.1 cm³/mol. The minimum Gasteiger partial charge on any atom is -0.478 e. The molecule has 0 saturated carbocycles. The molecule has 1 atom stereocenters. The van der Waals surface area contributed by atoms with Crippen molar-refractivity contribution in [3.05, 3.63) is 52.8 Å².